The summed E-state index contributed by atoms with van der Waals surface area (Å²) in [5.74, 6) is 0. The maximum atomic E-state index is 6.10. The summed E-state index contributed by atoms with van der Waals surface area (Å²) in [6, 6.07) is 4.22. The summed E-state index contributed by atoms with van der Waals surface area (Å²) in [5.41, 5.74) is 2.87. The second-order valence-electron chi connectivity index (χ2n) is 3.03. The molecule has 1 aromatic rings. The summed E-state index contributed by atoms with van der Waals surface area (Å²) in [4.78, 5) is 0. The standard InChI is InChI=1S/C10H15ClGe/c1-3-7-8(4-2)10(12)6-5-9(7)11/h5-6H,3-4H2,1-2,12H3. The molecular weight excluding hydrogens is 228 g/mol. The van der Waals surface area contributed by atoms with Gasteiger partial charge in [-0.1, -0.05) is 0 Å². The van der Waals surface area contributed by atoms with Gasteiger partial charge < -0.3 is 0 Å². The topological polar surface area (TPSA) is 0 Å². The van der Waals surface area contributed by atoms with Crippen LogP contribution >= 0.6 is 11.6 Å². The van der Waals surface area contributed by atoms with Crippen molar-refractivity contribution in [2.45, 2.75) is 26.7 Å². The maximum absolute atomic E-state index is 6.10. The van der Waals surface area contributed by atoms with Crippen LogP contribution in [0.15, 0.2) is 12.1 Å². The van der Waals surface area contributed by atoms with Gasteiger partial charge in [-0.2, -0.15) is 0 Å². The van der Waals surface area contributed by atoms with E-state index in [0.717, 1.165) is 34.4 Å². The first-order chi connectivity index (χ1) is 5.70. The van der Waals surface area contributed by atoms with Crippen LogP contribution in [0.25, 0.3) is 0 Å². The molecule has 0 radical (unpaired) electrons. The molecule has 0 bridgehead atoms. The first kappa shape index (κ1) is 10.1. The van der Waals surface area contributed by atoms with Gasteiger partial charge >= 0.3 is 87.5 Å². The molecule has 0 saturated carbocycles. The molecule has 1 aromatic carbocycles. The summed E-state index contributed by atoms with van der Waals surface area (Å²) in [7, 11) is 0. The van der Waals surface area contributed by atoms with Crippen LogP contribution in [0.3, 0.4) is 0 Å². The first-order valence-corrected chi connectivity index (χ1v) is 6.95. The number of benzene rings is 1. The summed E-state index contributed by atoms with van der Waals surface area (Å²) in [5, 5.41) is 0.947. The summed E-state index contributed by atoms with van der Waals surface area (Å²) in [6.45, 7) is 4.38. The van der Waals surface area contributed by atoms with E-state index in [1.54, 1.807) is 4.40 Å². The van der Waals surface area contributed by atoms with Crippen LogP contribution in [0.4, 0.5) is 0 Å². The Morgan fingerprint density at radius 3 is 2.17 bits per heavy atom. The predicted molar refractivity (Wildman–Crippen MR) is 59.8 cm³/mol. The van der Waals surface area contributed by atoms with E-state index >= 15 is 0 Å². The zero-order chi connectivity index (χ0) is 9.14. The molecule has 0 nitrogen and oxygen atoms in total. The van der Waals surface area contributed by atoms with E-state index in [-0.39, 0.29) is 0 Å². The number of rotatable bonds is 2. The zero-order valence-corrected chi connectivity index (χ0v) is 12.9. The molecule has 66 valence electrons. The monoisotopic (exact) mass is 244 g/mol. The van der Waals surface area contributed by atoms with Crippen LogP contribution in [-0.4, -0.2) is 16.5 Å². The van der Waals surface area contributed by atoms with E-state index in [9.17, 15) is 0 Å². The van der Waals surface area contributed by atoms with Crippen molar-refractivity contribution in [2.24, 2.45) is 0 Å². The van der Waals surface area contributed by atoms with Gasteiger partial charge in [-0.3, -0.25) is 0 Å². The van der Waals surface area contributed by atoms with Crippen LogP contribution in [0, 0.1) is 0 Å². The van der Waals surface area contributed by atoms with Crippen molar-refractivity contribution < 1.29 is 0 Å². The van der Waals surface area contributed by atoms with Gasteiger partial charge in [0.2, 0.25) is 0 Å². The fraction of sp³-hybridized carbons (Fsp3) is 0.400. The van der Waals surface area contributed by atoms with E-state index in [1.807, 2.05) is 6.07 Å². The Kier molecular flexibility index (Phi) is 3.66. The van der Waals surface area contributed by atoms with E-state index in [1.165, 1.54) is 11.1 Å². The van der Waals surface area contributed by atoms with Gasteiger partial charge in [-0.05, 0) is 0 Å². The second-order valence-corrected chi connectivity index (χ2v) is 5.70. The molecule has 2 heteroatoms. The minimum atomic E-state index is 0.771. The van der Waals surface area contributed by atoms with Crippen LogP contribution in [-0.2, 0) is 12.8 Å². The number of hydrogen-bond donors (Lipinski definition) is 0. The molecular formula is C10H15ClGe. The molecule has 12 heavy (non-hydrogen) atoms. The fourth-order valence-electron chi connectivity index (χ4n) is 1.66. The minimum absolute atomic E-state index is 0.771. The Hall–Kier alpha value is 0.0529. The van der Waals surface area contributed by atoms with Crippen molar-refractivity contribution in [3.05, 3.63) is 28.3 Å². The zero-order valence-electron chi connectivity index (χ0n) is 7.95. The molecule has 0 N–H and O–H groups in total. The van der Waals surface area contributed by atoms with Gasteiger partial charge in [-0.15, -0.1) is 0 Å². The van der Waals surface area contributed by atoms with Gasteiger partial charge in [-0.25, -0.2) is 0 Å². The molecule has 0 unspecified atom stereocenters. The first-order valence-electron chi connectivity index (χ1n) is 4.47. The van der Waals surface area contributed by atoms with Crippen LogP contribution in [0.5, 0.6) is 0 Å². The molecule has 0 atom stereocenters. The Balaban J connectivity index is 3.28. The van der Waals surface area contributed by atoms with Crippen molar-refractivity contribution in [1.29, 1.82) is 0 Å². The normalized spacial score (nSPS) is 10.6. The van der Waals surface area contributed by atoms with E-state index < -0.39 is 0 Å². The Bertz CT molecular complexity index is 252. The average Bonchev–Trinajstić information content (AvgIpc) is 2.08. The van der Waals surface area contributed by atoms with Crippen molar-refractivity contribution in [3.63, 3.8) is 0 Å². The summed E-state index contributed by atoms with van der Waals surface area (Å²) in [6.07, 6.45) is 2.19. The molecule has 0 aliphatic heterocycles. The van der Waals surface area contributed by atoms with Gasteiger partial charge in [0.1, 0.15) is 0 Å². The SMILES string of the molecule is CCc1c(Cl)cc[c]([GeH3])c1CC. The molecule has 1 rings (SSSR count). The third kappa shape index (κ3) is 1.86. The molecule has 0 amide bonds. The van der Waals surface area contributed by atoms with Gasteiger partial charge in [0, 0.05) is 0 Å². The molecule has 0 saturated heterocycles. The Morgan fingerprint density at radius 2 is 1.75 bits per heavy atom. The van der Waals surface area contributed by atoms with Crippen LogP contribution in [0.1, 0.15) is 25.0 Å². The summed E-state index contributed by atoms with van der Waals surface area (Å²) >= 11 is 6.87. The van der Waals surface area contributed by atoms with Crippen LogP contribution < -0.4 is 4.40 Å². The number of hydrogen-bond acceptors (Lipinski definition) is 0. The van der Waals surface area contributed by atoms with Crippen LogP contribution in [0.2, 0.25) is 5.02 Å². The molecule has 0 aliphatic carbocycles. The molecule has 0 fully saturated rings. The van der Waals surface area contributed by atoms with E-state index in [0.29, 0.717) is 0 Å². The van der Waals surface area contributed by atoms with Crippen molar-refractivity contribution in [2.75, 3.05) is 0 Å². The van der Waals surface area contributed by atoms with Gasteiger partial charge in [0.15, 0.2) is 0 Å². The Morgan fingerprint density at radius 1 is 1.17 bits per heavy atom. The summed E-state index contributed by atoms with van der Waals surface area (Å²) < 4.78 is 1.55. The molecule has 0 aliphatic rings. The fourth-order valence-corrected chi connectivity index (χ4v) is 3.69. The molecule has 0 aromatic heterocycles. The second kappa shape index (κ2) is 4.33. The molecule has 0 heterocycles. The van der Waals surface area contributed by atoms with Crippen molar-refractivity contribution in [1.82, 2.24) is 0 Å². The Labute approximate surface area is 87.5 Å². The van der Waals surface area contributed by atoms with E-state index in [4.69, 9.17) is 11.6 Å². The van der Waals surface area contributed by atoms with Crippen molar-refractivity contribution in [3.8, 4) is 0 Å². The third-order valence-electron chi connectivity index (χ3n) is 2.32. The average molecular weight is 243 g/mol. The third-order valence-corrected chi connectivity index (χ3v) is 4.64. The number of halogens is 1. The quantitative estimate of drug-likeness (QED) is 0.690. The van der Waals surface area contributed by atoms with Gasteiger partial charge in [0.25, 0.3) is 0 Å². The molecule has 0 spiro atoms. The van der Waals surface area contributed by atoms with Gasteiger partial charge in [0.05, 0.1) is 0 Å². The van der Waals surface area contributed by atoms with E-state index in [2.05, 4.69) is 19.9 Å². The van der Waals surface area contributed by atoms with Crippen molar-refractivity contribution >= 4 is 32.5 Å². The predicted octanol–water partition coefficient (Wildman–Crippen LogP) is 1.46.